The molecule has 0 saturated carbocycles. The van der Waals surface area contributed by atoms with E-state index in [2.05, 4.69) is 4.90 Å². The number of piperidine rings is 1. The second-order valence-corrected chi connectivity index (χ2v) is 9.67. The standard InChI is InChI=1S/C30H32N6O3/c1-20(31)35-15-13-25(14-16-35)39-24-10-8-23(9-11-24)38-19-29-34-26-17-22(30(32)33)7-12-27(26)36(29)18-28(37)21-5-3-2-4-6-21/h2-12,17,25,31H,13-16,18-19H2,1H3,(H3,32,33). The Labute approximate surface area is 227 Å². The molecule has 200 valence electrons. The topological polar surface area (TPSA) is 130 Å². The molecule has 0 spiro atoms. The summed E-state index contributed by atoms with van der Waals surface area (Å²) in [5.74, 6) is 2.58. The summed E-state index contributed by atoms with van der Waals surface area (Å²) in [6.07, 6.45) is 1.91. The summed E-state index contributed by atoms with van der Waals surface area (Å²) in [5.41, 5.74) is 8.30. The zero-order chi connectivity index (χ0) is 27.4. The lowest BCUT2D eigenvalue weighted by Gasteiger charge is -2.32. The Morgan fingerprint density at radius 3 is 2.33 bits per heavy atom. The molecule has 0 amide bonds. The third-order valence-corrected chi connectivity index (χ3v) is 6.95. The maximum atomic E-state index is 13.0. The van der Waals surface area contributed by atoms with Crippen molar-refractivity contribution in [3.63, 3.8) is 0 Å². The first-order valence-electron chi connectivity index (χ1n) is 13.0. The van der Waals surface area contributed by atoms with E-state index in [1.807, 2.05) is 60.0 Å². The van der Waals surface area contributed by atoms with Gasteiger partial charge < -0.3 is 24.7 Å². The first kappa shape index (κ1) is 26.0. The maximum Gasteiger partial charge on any atom is 0.182 e. The number of fused-ring (bicyclic) bond motifs is 1. The molecule has 2 heterocycles. The van der Waals surface area contributed by atoms with Crippen LogP contribution in [-0.2, 0) is 13.2 Å². The fourth-order valence-corrected chi connectivity index (χ4v) is 4.76. The van der Waals surface area contributed by atoms with Crippen molar-refractivity contribution in [2.45, 2.75) is 39.0 Å². The van der Waals surface area contributed by atoms with Crippen LogP contribution < -0.4 is 15.2 Å². The Balaban J connectivity index is 1.29. The van der Waals surface area contributed by atoms with Crippen molar-refractivity contribution in [2.24, 2.45) is 5.73 Å². The Morgan fingerprint density at radius 1 is 0.974 bits per heavy atom. The second-order valence-electron chi connectivity index (χ2n) is 9.67. The maximum absolute atomic E-state index is 13.0. The third kappa shape index (κ3) is 6.09. The zero-order valence-electron chi connectivity index (χ0n) is 21.9. The number of hydrogen-bond acceptors (Lipinski definition) is 6. The van der Waals surface area contributed by atoms with Gasteiger partial charge in [0.2, 0.25) is 0 Å². The Morgan fingerprint density at radius 2 is 1.67 bits per heavy atom. The van der Waals surface area contributed by atoms with E-state index in [9.17, 15) is 4.79 Å². The van der Waals surface area contributed by atoms with Crippen molar-refractivity contribution in [2.75, 3.05) is 13.1 Å². The fourth-order valence-electron chi connectivity index (χ4n) is 4.76. The number of Topliss-reactive ketones (excluding diaryl/α,β-unsaturated/α-hetero) is 1. The minimum atomic E-state index is -0.0395. The van der Waals surface area contributed by atoms with Gasteiger partial charge in [-0.1, -0.05) is 30.3 Å². The van der Waals surface area contributed by atoms with E-state index in [1.165, 1.54) is 0 Å². The van der Waals surface area contributed by atoms with Crippen molar-refractivity contribution >= 4 is 28.5 Å². The van der Waals surface area contributed by atoms with E-state index >= 15 is 0 Å². The first-order chi connectivity index (χ1) is 18.9. The molecule has 3 aromatic carbocycles. The quantitative estimate of drug-likeness (QED) is 0.166. The summed E-state index contributed by atoms with van der Waals surface area (Å²) < 4.78 is 14.1. The number of amidine groups is 2. The molecular formula is C30H32N6O3. The summed E-state index contributed by atoms with van der Waals surface area (Å²) in [4.78, 5) is 19.8. The lowest BCUT2D eigenvalue weighted by molar-refractivity contribution is 0.0971. The van der Waals surface area contributed by atoms with Gasteiger partial charge in [0.25, 0.3) is 0 Å². The molecular weight excluding hydrogens is 492 g/mol. The molecule has 5 rings (SSSR count). The lowest BCUT2D eigenvalue weighted by Crippen LogP contribution is -2.40. The van der Waals surface area contributed by atoms with Crippen LogP contribution in [0.1, 0.15) is 41.5 Å². The zero-order valence-corrected chi connectivity index (χ0v) is 21.9. The molecule has 1 aromatic heterocycles. The van der Waals surface area contributed by atoms with Crippen LogP contribution in [0.5, 0.6) is 11.5 Å². The number of nitrogen functional groups attached to an aromatic ring is 1. The number of nitrogens with two attached hydrogens (primary N) is 1. The minimum absolute atomic E-state index is 0.0325. The average molecular weight is 525 g/mol. The normalized spacial score (nSPS) is 13.8. The van der Waals surface area contributed by atoms with Crippen molar-refractivity contribution in [3.8, 4) is 11.5 Å². The van der Waals surface area contributed by atoms with Crippen LogP contribution >= 0.6 is 0 Å². The highest BCUT2D eigenvalue weighted by molar-refractivity contribution is 5.99. The molecule has 0 unspecified atom stereocenters. The molecule has 1 saturated heterocycles. The molecule has 0 atom stereocenters. The second kappa shape index (κ2) is 11.4. The Bertz CT molecular complexity index is 1490. The van der Waals surface area contributed by atoms with E-state index in [0.717, 1.165) is 37.2 Å². The van der Waals surface area contributed by atoms with Crippen LogP contribution in [0, 0.1) is 10.8 Å². The fraction of sp³-hybridized carbons (Fsp3) is 0.267. The molecule has 1 fully saturated rings. The minimum Gasteiger partial charge on any atom is -0.490 e. The smallest absolute Gasteiger partial charge is 0.182 e. The molecule has 1 aliphatic rings. The summed E-state index contributed by atoms with van der Waals surface area (Å²) in [6.45, 7) is 3.76. The number of likely N-dealkylation sites (tertiary alicyclic amines) is 1. The number of aromatic nitrogens is 2. The number of hydrogen-bond donors (Lipinski definition) is 3. The molecule has 9 nitrogen and oxygen atoms in total. The number of nitrogens with zero attached hydrogens (tertiary/aromatic N) is 3. The number of carbonyl (C=O) groups is 1. The number of nitrogens with one attached hydrogen (secondary N) is 2. The number of imidazole rings is 1. The van der Waals surface area contributed by atoms with Crippen molar-refractivity contribution < 1.29 is 14.3 Å². The lowest BCUT2D eigenvalue weighted by atomic mass is 10.1. The van der Waals surface area contributed by atoms with Gasteiger partial charge >= 0.3 is 0 Å². The number of ketones is 1. The molecule has 1 aliphatic heterocycles. The summed E-state index contributed by atoms with van der Waals surface area (Å²) in [7, 11) is 0. The number of carbonyl (C=O) groups excluding carboxylic acids is 1. The highest BCUT2D eigenvalue weighted by atomic mass is 16.5. The van der Waals surface area contributed by atoms with Gasteiger partial charge in [0.1, 0.15) is 35.9 Å². The SMILES string of the molecule is CC(=N)N1CCC(Oc2ccc(OCc3nc4cc(C(=N)N)ccc4n3CC(=O)c3ccccc3)cc2)CC1. The van der Waals surface area contributed by atoms with E-state index in [-0.39, 0.29) is 30.9 Å². The van der Waals surface area contributed by atoms with Crippen molar-refractivity contribution in [1.29, 1.82) is 10.8 Å². The molecule has 4 N–H and O–H groups in total. The average Bonchev–Trinajstić information content (AvgIpc) is 3.29. The van der Waals surface area contributed by atoms with Gasteiger partial charge in [0.15, 0.2) is 5.78 Å². The summed E-state index contributed by atoms with van der Waals surface area (Å²) >= 11 is 0. The molecule has 9 heteroatoms. The van der Waals surface area contributed by atoms with Crippen molar-refractivity contribution in [1.82, 2.24) is 14.5 Å². The third-order valence-electron chi connectivity index (χ3n) is 6.95. The van der Waals surface area contributed by atoms with Gasteiger partial charge in [-0.05, 0) is 49.4 Å². The highest BCUT2D eigenvalue weighted by Crippen LogP contribution is 2.24. The molecule has 0 bridgehead atoms. The Hall–Kier alpha value is -4.66. The van der Waals surface area contributed by atoms with Gasteiger partial charge in [0.05, 0.1) is 23.4 Å². The van der Waals surface area contributed by atoms with Crippen LogP contribution in [0.4, 0.5) is 0 Å². The summed E-state index contributed by atoms with van der Waals surface area (Å²) in [5, 5.41) is 15.5. The van der Waals surface area contributed by atoms with Crippen LogP contribution in [0.25, 0.3) is 11.0 Å². The van der Waals surface area contributed by atoms with Crippen LogP contribution in [0.2, 0.25) is 0 Å². The number of benzene rings is 3. The predicted octanol–water partition coefficient (Wildman–Crippen LogP) is 4.62. The number of rotatable bonds is 9. The van der Waals surface area contributed by atoms with Gasteiger partial charge in [-0.15, -0.1) is 0 Å². The predicted molar refractivity (Wildman–Crippen MR) is 151 cm³/mol. The molecule has 4 aromatic rings. The van der Waals surface area contributed by atoms with E-state index in [4.69, 9.17) is 31.0 Å². The highest BCUT2D eigenvalue weighted by Gasteiger charge is 2.21. The Kier molecular flexibility index (Phi) is 7.58. The van der Waals surface area contributed by atoms with Gasteiger partial charge in [-0.2, -0.15) is 0 Å². The van der Waals surface area contributed by atoms with E-state index in [1.54, 1.807) is 24.3 Å². The largest absolute Gasteiger partial charge is 0.490 e. The van der Waals surface area contributed by atoms with Crippen LogP contribution in [0.3, 0.4) is 0 Å². The monoisotopic (exact) mass is 524 g/mol. The van der Waals surface area contributed by atoms with Crippen LogP contribution in [-0.4, -0.2) is 51.1 Å². The van der Waals surface area contributed by atoms with Gasteiger partial charge in [-0.3, -0.25) is 15.6 Å². The molecule has 0 radical (unpaired) electrons. The number of ether oxygens (including phenoxy) is 2. The first-order valence-corrected chi connectivity index (χ1v) is 13.0. The van der Waals surface area contributed by atoms with Gasteiger partial charge in [0, 0.05) is 37.1 Å². The van der Waals surface area contributed by atoms with Crippen LogP contribution in [0.15, 0.2) is 72.8 Å². The van der Waals surface area contributed by atoms with Crippen molar-refractivity contribution in [3.05, 3.63) is 89.7 Å². The van der Waals surface area contributed by atoms with E-state index < -0.39 is 0 Å². The molecule has 39 heavy (non-hydrogen) atoms. The molecule has 0 aliphatic carbocycles. The summed E-state index contributed by atoms with van der Waals surface area (Å²) in [6, 6.07) is 22.0. The van der Waals surface area contributed by atoms with Gasteiger partial charge in [-0.25, -0.2) is 4.98 Å². The van der Waals surface area contributed by atoms with E-state index in [0.29, 0.717) is 34.1 Å².